The predicted octanol–water partition coefficient (Wildman–Crippen LogP) is 3.86. The topological polar surface area (TPSA) is 104 Å². The van der Waals surface area contributed by atoms with Gasteiger partial charge < -0.3 is 5.32 Å². The standard InChI is InChI=1S/C27H37N3O5S2/c31-27(28-25-12-14-26(15-13-25)37(34,35)30-18-6-1-2-7-19-30)24-16-20-29(21-17-24)36(32,33)22-8-11-23-9-4-3-5-10-23/h3-5,9-10,12-15,24H,1-2,6-8,11,16-22H2,(H,28,31). The first-order valence-corrected chi connectivity index (χ1v) is 16.2. The summed E-state index contributed by atoms with van der Waals surface area (Å²) < 4.78 is 54.5. The van der Waals surface area contributed by atoms with E-state index in [1.807, 2.05) is 30.3 Å². The van der Waals surface area contributed by atoms with Crippen LogP contribution in [0.25, 0.3) is 0 Å². The van der Waals surface area contributed by atoms with E-state index in [0.29, 0.717) is 51.1 Å². The molecule has 1 amide bonds. The third-order valence-electron chi connectivity index (χ3n) is 7.25. The monoisotopic (exact) mass is 547 g/mol. The molecule has 0 unspecified atom stereocenters. The number of hydrogen-bond acceptors (Lipinski definition) is 5. The Labute approximate surface area is 221 Å². The molecule has 0 saturated carbocycles. The highest BCUT2D eigenvalue weighted by molar-refractivity contribution is 7.89. The molecule has 0 aromatic heterocycles. The van der Waals surface area contributed by atoms with Gasteiger partial charge in [0, 0.05) is 37.8 Å². The number of carbonyl (C=O) groups is 1. The van der Waals surface area contributed by atoms with Crippen LogP contribution in [0, 0.1) is 5.92 Å². The average molecular weight is 548 g/mol. The predicted molar refractivity (Wildman–Crippen MR) is 145 cm³/mol. The van der Waals surface area contributed by atoms with E-state index < -0.39 is 20.0 Å². The van der Waals surface area contributed by atoms with E-state index in [2.05, 4.69) is 5.32 Å². The van der Waals surface area contributed by atoms with Crippen LogP contribution >= 0.6 is 0 Å². The summed E-state index contributed by atoms with van der Waals surface area (Å²) in [6.07, 6.45) is 6.07. The molecule has 2 aliphatic rings. The first-order valence-electron chi connectivity index (χ1n) is 13.2. The van der Waals surface area contributed by atoms with Crippen molar-refractivity contribution in [2.75, 3.05) is 37.2 Å². The number of carbonyl (C=O) groups excluding carboxylic acids is 1. The Balaban J connectivity index is 1.25. The van der Waals surface area contributed by atoms with E-state index >= 15 is 0 Å². The fourth-order valence-electron chi connectivity index (χ4n) is 5.01. The number of aryl methyl sites for hydroxylation is 1. The van der Waals surface area contributed by atoms with Gasteiger partial charge in [-0.3, -0.25) is 4.79 Å². The quantitative estimate of drug-likeness (QED) is 0.513. The molecule has 2 aliphatic heterocycles. The molecule has 202 valence electrons. The smallest absolute Gasteiger partial charge is 0.243 e. The summed E-state index contributed by atoms with van der Waals surface area (Å²) in [5, 5.41) is 2.87. The number of piperidine rings is 1. The van der Waals surface area contributed by atoms with E-state index in [-0.39, 0.29) is 22.5 Å². The van der Waals surface area contributed by atoms with Gasteiger partial charge in [-0.15, -0.1) is 0 Å². The van der Waals surface area contributed by atoms with Crippen molar-refractivity contribution >= 4 is 31.6 Å². The molecular formula is C27H37N3O5S2. The number of nitrogens with one attached hydrogen (secondary N) is 1. The van der Waals surface area contributed by atoms with Gasteiger partial charge in [0.25, 0.3) is 0 Å². The molecule has 2 aromatic rings. The number of hydrogen-bond donors (Lipinski definition) is 1. The lowest BCUT2D eigenvalue weighted by Crippen LogP contribution is -2.42. The summed E-state index contributed by atoms with van der Waals surface area (Å²) in [5.74, 6) is -0.341. The van der Waals surface area contributed by atoms with Gasteiger partial charge in [0.2, 0.25) is 26.0 Å². The largest absolute Gasteiger partial charge is 0.326 e. The van der Waals surface area contributed by atoms with Crippen LogP contribution in [0.1, 0.15) is 50.5 Å². The zero-order chi connectivity index (χ0) is 26.3. The Kier molecular flexibility index (Phi) is 9.39. The second-order valence-electron chi connectivity index (χ2n) is 9.91. The highest BCUT2D eigenvalue weighted by Crippen LogP contribution is 2.24. The van der Waals surface area contributed by atoms with Crippen LogP contribution in [0.15, 0.2) is 59.5 Å². The maximum absolute atomic E-state index is 13.0. The highest BCUT2D eigenvalue weighted by Gasteiger charge is 2.31. The highest BCUT2D eigenvalue weighted by atomic mass is 32.2. The Bertz CT molecular complexity index is 1230. The lowest BCUT2D eigenvalue weighted by molar-refractivity contribution is -0.120. The van der Waals surface area contributed by atoms with Crippen LogP contribution in [0.2, 0.25) is 0 Å². The van der Waals surface area contributed by atoms with Crippen LogP contribution in [0.3, 0.4) is 0 Å². The van der Waals surface area contributed by atoms with Gasteiger partial charge in [0.15, 0.2) is 0 Å². The molecule has 8 nitrogen and oxygen atoms in total. The maximum atomic E-state index is 13.0. The fraction of sp³-hybridized carbons (Fsp3) is 0.519. The summed E-state index contributed by atoms with van der Waals surface area (Å²) in [6.45, 7) is 1.75. The van der Waals surface area contributed by atoms with E-state index in [0.717, 1.165) is 37.7 Å². The van der Waals surface area contributed by atoms with Gasteiger partial charge >= 0.3 is 0 Å². The molecule has 2 saturated heterocycles. The number of rotatable bonds is 9. The third kappa shape index (κ3) is 7.40. The van der Waals surface area contributed by atoms with Gasteiger partial charge in [0.05, 0.1) is 10.6 Å². The van der Waals surface area contributed by atoms with Gasteiger partial charge in [-0.05, 0) is 68.4 Å². The molecule has 2 fully saturated rings. The maximum Gasteiger partial charge on any atom is 0.243 e. The first kappa shape index (κ1) is 27.8. The van der Waals surface area contributed by atoms with Crippen LogP contribution in [-0.4, -0.2) is 63.3 Å². The zero-order valence-corrected chi connectivity index (χ0v) is 22.9. The van der Waals surface area contributed by atoms with Crippen molar-refractivity contribution in [1.82, 2.24) is 8.61 Å². The molecule has 0 radical (unpaired) electrons. The molecule has 2 heterocycles. The van der Waals surface area contributed by atoms with Crippen molar-refractivity contribution in [2.45, 2.75) is 56.3 Å². The fourth-order valence-corrected chi connectivity index (χ4v) is 8.07. The van der Waals surface area contributed by atoms with Crippen LogP contribution < -0.4 is 5.32 Å². The summed E-state index contributed by atoms with van der Waals surface area (Å²) in [7, 11) is -6.89. The number of benzene rings is 2. The van der Waals surface area contributed by atoms with Crippen molar-refractivity contribution in [3.63, 3.8) is 0 Å². The summed E-state index contributed by atoms with van der Waals surface area (Å²) in [4.78, 5) is 13.0. The Hall–Kier alpha value is -2.27. The molecule has 0 spiro atoms. The molecule has 37 heavy (non-hydrogen) atoms. The second kappa shape index (κ2) is 12.5. The lowest BCUT2D eigenvalue weighted by Gasteiger charge is -2.30. The minimum absolute atomic E-state index is 0.103. The van der Waals surface area contributed by atoms with E-state index in [1.54, 1.807) is 28.6 Å². The normalized spacial score (nSPS) is 18.8. The summed E-state index contributed by atoms with van der Waals surface area (Å²) in [5.41, 5.74) is 1.66. The van der Waals surface area contributed by atoms with Crippen molar-refractivity contribution in [2.24, 2.45) is 5.92 Å². The second-order valence-corrected chi connectivity index (χ2v) is 13.9. The van der Waals surface area contributed by atoms with E-state index in [9.17, 15) is 21.6 Å². The summed E-state index contributed by atoms with van der Waals surface area (Å²) in [6, 6.07) is 16.2. The lowest BCUT2D eigenvalue weighted by atomic mass is 9.97. The SMILES string of the molecule is O=C(Nc1ccc(S(=O)(=O)N2CCCCCC2)cc1)C1CCN(S(=O)(=O)CCCc2ccccc2)CC1. The Morgan fingerprint density at radius 3 is 2.03 bits per heavy atom. The third-order valence-corrected chi connectivity index (χ3v) is 11.1. The number of anilines is 1. The van der Waals surface area contributed by atoms with Crippen molar-refractivity contribution < 1.29 is 21.6 Å². The zero-order valence-electron chi connectivity index (χ0n) is 21.2. The minimum Gasteiger partial charge on any atom is -0.326 e. The van der Waals surface area contributed by atoms with Crippen LogP contribution in [0.4, 0.5) is 5.69 Å². The number of amides is 1. The van der Waals surface area contributed by atoms with Crippen LogP contribution in [-0.2, 0) is 31.3 Å². The van der Waals surface area contributed by atoms with E-state index in [4.69, 9.17) is 0 Å². The minimum atomic E-state index is -3.54. The van der Waals surface area contributed by atoms with E-state index in [1.165, 1.54) is 4.31 Å². The molecule has 4 rings (SSSR count). The van der Waals surface area contributed by atoms with Gasteiger partial charge in [0.1, 0.15) is 0 Å². The van der Waals surface area contributed by atoms with Gasteiger partial charge in [-0.2, -0.15) is 4.31 Å². The van der Waals surface area contributed by atoms with Crippen molar-refractivity contribution in [3.8, 4) is 0 Å². The first-order chi connectivity index (χ1) is 17.8. The van der Waals surface area contributed by atoms with Crippen molar-refractivity contribution in [1.29, 1.82) is 0 Å². The Morgan fingerprint density at radius 1 is 0.784 bits per heavy atom. The molecule has 0 atom stereocenters. The molecule has 1 N–H and O–H groups in total. The van der Waals surface area contributed by atoms with Crippen LogP contribution in [0.5, 0.6) is 0 Å². The summed E-state index contributed by atoms with van der Waals surface area (Å²) >= 11 is 0. The molecule has 0 aliphatic carbocycles. The molecule has 0 bridgehead atoms. The number of sulfonamides is 2. The number of nitrogens with zero attached hydrogens (tertiary/aromatic N) is 2. The molecular weight excluding hydrogens is 510 g/mol. The average Bonchev–Trinajstić information content (AvgIpc) is 3.20. The van der Waals surface area contributed by atoms with Gasteiger partial charge in [-0.25, -0.2) is 21.1 Å². The van der Waals surface area contributed by atoms with Crippen molar-refractivity contribution in [3.05, 3.63) is 60.2 Å². The Morgan fingerprint density at radius 2 is 1.41 bits per heavy atom. The molecule has 10 heteroatoms. The molecule has 2 aromatic carbocycles. The van der Waals surface area contributed by atoms with Gasteiger partial charge in [-0.1, -0.05) is 43.2 Å².